The molecule has 1 aliphatic heterocycles. The molecule has 22 heavy (non-hydrogen) atoms. The minimum absolute atomic E-state index is 0. The molecule has 1 atom stereocenters. The molecule has 2 nitrogen and oxygen atoms in total. The Hall–Kier alpha value is -1.51. The van der Waals surface area contributed by atoms with Crippen LogP contribution in [0.3, 0.4) is 0 Å². The van der Waals surface area contributed by atoms with Crippen LogP contribution >= 0.6 is 12.4 Å². The highest BCUT2D eigenvalue weighted by Gasteiger charge is 2.23. The molecule has 3 rings (SSSR count). The van der Waals surface area contributed by atoms with Gasteiger partial charge in [-0.05, 0) is 44.0 Å². The third kappa shape index (κ3) is 3.82. The maximum Gasteiger partial charge on any atom is 0.0841 e. The summed E-state index contributed by atoms with van der Waals surface area (Å²) in [5.41, 5.74) is 2.53. The van der Waals surface area contributed by atoms with Gasteiger partial charge in [-0.1, -0.05) is 42.8 Å². The topological polar surface area (TPSA) is 6.48 Å². The third-order valence-corrected chi connectivity index (χ3v) is 4.36. The van der Waals surface area contributed by atoms with E-state index in [0.29, 0.717) is 6.17 Å². The molecule has 0 aliphatic carbocycles. The molecule has 118 valence electrons. The van der Waals surface area contributed by atoms with Crippen LogP contribution in [0.25, 0.3) is 0 Å². The summed E-state index contributed by atoms with van der Waals surface area (Å²) < 4.78 is 0. The van der Waals surface area contributed by atoms with Gasteiger partial charge >= 0.3 is 0 Å². The highest BCUT2D eigenvalue weighted by Crippen LogP contribution is 2.29. The van der Waals surface area contributed by atoms with Gasteiger partial charge in [0, 0.05) is 24.5 Å². The predicted molar refractivity (Wildman–Crippen MR) is 97.2 cm³/mol. The van der Waals surface area contributed by atoms with Gasteiger partial charge in [0.2, 0.25) is 0 Å². The van der Waals surface area contributed by atoms with Gasteiger partial charge in [0.15, 0.2) is 0 Å². The molecule has 0 amide bonds. The summed E-state index contributed by atoms with van der Waals surface area (Å²) in [5, 5.41) is 0. The van der Waals surface area contributed by atoms with Crippen LogP contribution in [0.2, 0.25) is 0 Å². The zero-order valence-electron chi connectivity index (χ0n) is 13.2. The van der Waals surface area contributed by atoms with E-state index in [9.17, 15) is 0 Å². The van der Waals surface area contributed by atoms with E-state index in [1.165, 1.54) is 43.7 Å². The first kappa shape index (κ1) is 16.9. The lowest BCUT2D eigenvalue weighted by Crippen LogP contribution is -2.46. The monoisotopic (exact) mass is 316 g/mol. The Kier molecular flexibility index (Phi) is 6.29. The van der Waals surface area contributed by atoms with Crippen molar-refractivity contribution < 1.29 is 0 Å². The molecule has 2 aromatic carbocycles. The molecule has 0 N–H and O–H groups in total. The van der Waals surface area contributed by atoms with E-state index in [4.69, 9.17) is 0 Å². The molecule has 0 bridgehead atoms. The first-order valence-corrected chi connectivity index (χ1v) is 7.99. The maximum atomic E-state index is 2.60. The van der Waals surface area contributed by atoms with Gasteiger partial charge in [0.1, 0.15) is 0 Å². The molecule has 1 fully saturated rings. The Morgan fingerprint density at radius 3 is 1.68 bits per heavy atom. The molecule has 1 heterocycles. The fraction of sp³-hybridized carbons (Fsp3) is 0.368. The molecule has 1 aliphatic rings. The summed E-state index contributed by atoms with van der Waals surface area (Å²) in [6.45, 7) is 4.74. The van der Waals surface area contributed by atoms with Gasteiger partial charge in [-0.15, -0.1) is 12.4 Å². The van der Waals surface area contributed by atoms with Crippen LogP contribution in [0.1, 0.15) is 26.2 Å². The van der Waals surface area contributed by atoms with Crippen molar-refractivity contribution in [1.29, 1.82) is 0 Å². The number of rotatable bonds is 4. The minimum Gasteiger partial charge on any atom is -0.326 e. The predicted octanol–water partition coefficient (Wildman–Crippen LogP) is 5.08. The number of para-hydroxylation sites is 2. The average molecular weight is 317 g/mol. The molecule has 0 spiro atoms. The van der Waals surface area contributed by atoms with Crippen molar-refractivity contribution in [2.75, 3.05) is 18.0 Å². The number of benzene rings is 2. The molecule has 0 saturated carbocycles. The summed E-state index contributed by atoms with van der Waals surface area (Å²) in [7, 11) is 0. The van der Waals surface area contributed by atoms with E-state index in [-0.39, 0.29) is 12.4 Å². The fourth-order valence-corrected chi connectivity index (χ4v) is 3.21. The van der Waals surface area contributed by atoms with Crippen LogP contribution in [0.15, 0.2) is 60.7 Å². The zero-order valence-corrected chi connectivity index (χ0v) is 14.0. The van der Waals surface area contributed by atoms with Gasteiger partial charge < -0.3 is 4.90 Å². The van der Waals surface area contributed by atoms with Crippen molar-refractivity contribution in [3.05, 3.63) is 60.7 Å². The number of hydrogen-bond donors (Lipinski definition) is 0. The fourth-order valence-electron chi connectivity index (χ4n) is 3.21. The van der Waals surface area contributed by atoms with E-state index >= 15 is 0 Å². The van der Waals surface area contributed by atoms with Crippen molar-refractivity contribution in [3.8, 4) is 0 Å². The van der Waals surface area contributed by atoms with Crippen LogP contribution in [0.4, 0.5) is 11.4 Å². The molecule has 1 saturated heterocycles. The Morgan fingerprint density at radius 2 is 1.23 bits per heavy atom. The SMILES string of the molecule is CC(N1CCCCC1)N(c1ccccc1)c1ccccc1.Cl. The van der Waals surface area contributed by atoms with Crippen molar-refractivity contribution in [1.82, 2.24) is 4.90 Å². The summed E-state index contributed by atoms with van der Waals surface area (Å²) in [6.07, 6.45) is 4.40. The van der Waals surface area contributed by atoms with Crippen molar-refractivity contribution in [3.63, 3.8) is 0 Å². The van der Waals surface area contributed by atoms with Crippen LogP contribution in [0, 0.1) is 0 Å². The number of anilines is 2. The summed E-state index contributed by atoms with van der Waals surface area (Å²) in [5.74, 6) is 0. The van der Waals surface area contributed by atoms with E-state index in [1.54, 1.807) is 0 Å². The molecule has 0 aromatic heterocycles. The number of piperidine rings is 1. The first-order valence-electron chi connectivity index (χ1n) is 7.99. The third-order valence-electron chi connectivity index (χ3n) is 4.36. The lowest BCUT2D eigenvalue weighted by molar-refractivity contribution is 0.176. The number of likely N-dealkylation sites (tertiary alicyclic amines) is 1. The smallest absolute Gasteiger partial charge is 0.0841 e. The lowest BCUT2D eigenvalue weighted by atomic mass is 10.1. The number of halogens is 1. The summed E-state index contributed by atoms with van der Waals surface area (Å²) >= 11 is 0. The van der Waals surface area contributed by atoms with Gasteiger partial charge in [0.05, 0.1) is 6.17 Å². The second-order valence-electron chi connectivity index (χ2n) is 5.77. The van der Waals surface area contributed by atoms with Gasteiger partial charge in [-0.3, -0.25) is 4.90 Å². The maximum absolute atomic E-state index is 2.60. The Morgan fingerprint density at radius 1 is 0.773 bits per heavy atom. The largest absolute Gasteiger partial charge is 0.326 e. The molecule has 0 radical (unpaired) electrons. The first-order chi connectivity index (χ1) is 10.4. The highest BCUT2D eigenvalue weighted by molar-refractivity contribution is 5.85. The highest BCUT2D eigenvalue weighted by atomic mass is 35.5. The standard InChI is InChI=1S/C19H24N2.ClH/c1-17(20-15-9-4-10-16-20)21(18-11-5-2-6-12-18)19-13-7-3-8-14-19;/h2-3,5-8,11-14,17H,4,9-10,15-16H2,1H3;1H. The Balaban J connectivity index is 0.00000176. The van der Waals surface area contributed by atoms with Crippen LogP contribution < -0.4 is 4.90 Å². The van der Waals surface area contributed by atoms with Crippen LogP contribution in [-0.4, -0.2) is 24.2 Å². The quantitative estimate of drug-likeness (QED) is 0.776. The second-order valence-corrected chi connectivity index (χ2v) is 5.77. The lowest BCUT2D eigenvalue weighted by Gasteiger charge is -2.40. The molecule has 1 unspecified atom stereocenters. The van der Waals surface area contributed by atoms with Crippen molar-refractivity contribution in [2.24, 2.45) is 0 Å². The van der Waals surface area contributed by atoms with Crippen molar-refractivity contribution >= 4 is 23.8 Å². The van der Waals surface area contributed by atoms with E-state index < -0.39 is 0 Å². The molecular weight excluding hydrogens is 292 g/mol. The van der Waals surface area contributed by atoms with Crippen LogP contribution in [-0.2, 0) is 0 Å². The average Bonchev–Trinajstić information content (AvgIpc) is 2.58. The second kappa shape index (κ2) is 8.21. The molecule has 3 heteroatoms. The van der Waals surface area contributed by atoms with E-state index in [1.807, 2.05) is 0 Å². The van der Waals surface area contributed by atoms with Gasteiger partial charge in [-0.2, -0.15) is 0 Å². The van der Waals surface area contributed by atoms with E-state index in [0.717, 1.165) is 0 Å². The van der Waals surface area contributed by atoms with Crippen molar-refractivity contribution in [2.45, 2.75) is 32.4 Å². The number of hydrogen-bond acceptors (Lipinski definition) is 2. The van der Waals surface area contributed by atoms with E-state index in [2.05, 4.69) is 77.4 Å². The zero-order chi connectivity index (χ0) is 14.5. The van der Waals surface area contributed by atoms with Gasteiger partial charge in [-0.25, -0.2) is 0 Å². The minimum atomic E-state index is 0. The molecule has 2 aromatic rings. The molecular formula is C19H25ClN2. The van der Waals surface area contributed by atoms with Crippen LogP contribution in [0.5, 0.6) is 0 Å². The summed E-state index contributed by atoms with van der Waals surface area (Å²) in [4.78, 5) is 5.05. The Bertz CT molecular complexity index is 498. The Labute approximate surface area is 140 Å². The number of nitrogens with zero attached hydrogens (tertiary/aromatic N) is 2. The summed E-state index contributed by atoms with van der Waals surface area (Å²) in [6, 6.07) is 21.4. The normalized spacial score (nSPS) is 16.6. The van der Waals surface area contributed by atoms with Gasteiger partial charge in [0.25, 0.3) is 0 Å².